The van der Waals surface area contributed by atoms with E-state index in [4.69, 9.17) is 11.6 Å². The summed E-state index contributed by atoms with van der Waals surface area (Å²) < 4.78 is 0. The number of nitrogens with one attached hydrogen (secondary N) is 1. The highest BCUT2D eigenvalue weighted by molar-refractivity contribution is 6.30. The van der Waals surface area contributed by atoms with Crippen molar-refractivity contribution in [2.24, 2.45) is 0 Å². The molecule has 4 nitrogen and oxygen atoms in total. The van der Waals surface area contributed by atoms with Crippen molar-refractivity contribution in [1.29, 1.82) is 0 Å². The monoisotopic (exact) mass is 381 g/mol. The Balaban J connectivity index is 1.87. The highest BCUT2D eigenvalue weighted by Crippen LogP contribution is 2.22. The van der Waals surface area contributed by atoms with Gasteiger partial charge >= 0.3 is 0 Å². The fraction of sp³-hybridized carbons (Fsp3) is 0.273. The number of halogens is 1. The van der Waals surface area contributed by atoms with Gasteiger partial charge < -0.3 is 10.2 Å². The minimum absolute atomic E-state index is 0.0944. The first-order valence-corrected chi connectivity index (χ1v) is 9.39. The van der Waals surface area contributed by atoms with Crippen molar-refractivity contribution in [1.82, 2.24) is 15.2 Å². The van der Waals surface area contributed by atoms with Crippen LogP contribution in [0.15, 0.2) is 54.6 Å². The van der Waals surface area contributed by atoms with Crippen molar-refractivity contribution in [3.8, 4) is 0 Å². The molecular weight excluding hydrogens is 358 g/mol. The van der Waals surface area contributed by atoms with E-state index in [-0.39, 0.29) is 11.9 Å². The van der Waals surface area contributed by atoms with Crippen molar-refractivity contribution in [2.75, 3.05) is 20.6 Å². The number of fused-ring (bicyclic) bond motifs is 1. The zero-order valence-electron chi connectivity index (χ0n) is 15.9. The van der Waals surface area contributed by atoms with Crippen LogP contribution in [-0.2, 0) is 0 Å². The van der Waals surface area contributed by atoms with E-state index < -0.39 is 0 Å². The number of carbonyl (C=O) groups excluding carboxylic acids is 1. The largest absolute Gasteiger partial charge is 0.345 e. The van der Waals surface area contributed by atoms with Crippen LogP contribution in [0.3, 0.4) is 0 Å². The van der Waals surface area contributed by atoms with Gasteiger partial charge in [-0.3, -0.25) is 9.78 Å². The molecule has 3 rings (SSSR count). The standard InChI is InChI=1S/C22H24ClN3O/c1-15-19(14-17-6-4-5-7-20(17)24-15)22(27)25-21(12-13-26(2)3)16-8-10-18(23)11-9-16/h4-11,14,21H,12-13H2,1-3H3,(H,25,27). The Labute approximate surface area is 165 Å². The molecule has 140 valence electrons. The number of nitrogens with zero attached hydrogens (tertiary/aromatic N) is 2. The van der Waals surface area contributed by atoms with Gasteiger partial charge in [0.05, 0.1) is 22.8 Å². The van der Waals surface area contributed by atoms with Crippen molar-refractivity contribution in [2.45, 2.75) is 19.4 Å². The number of pyridine rings is 1. The minimum Gasteiger partial charge on any atom is -0.345 e. The van der Waals surface area contributed by atoms with Crippen LogP contribution in [0.1, 0.15) is 34.1 Å². The number of aromatic nitrogens is 1. The van der Waals surface area contributed by atoms with Gasteiger partial charge in [-0.2, -0.15) is 0 Å². The van der Waals surface area contributed by atoms with Crippen LogP contribution in [0, 0.1) is 6.92 Å². The summed E-state index contributed by atoms with van der Waals surface area (Å²) in [6.45, 7) is 2.74. The third-order valence-electron chi connectivity index (χ3n) is 4.60. The molecule has 0 aliphatic carbocycles. The quantitative estimate of drug-likeness (QED) is 0.677. The number of benzene rings is 2. The lowest BCUT2D eigenvalue weighted by Gasteiger charge is -2.22. The smallest absolute Gasteiger partial charge is 0.253 e. The fourth-order valence-corrected chi connectivity index (χ4v) is 3.21. The second-order valence-electron chi connectivity index (χ2n) is 6.98. The van der Waals surface area contributed by atoms with Crippen LogP contribution in [0.2, 0.25) is 5.02 Å². The second kappa shape index (κ2) is 8.51. The number of carbonyl (C=O) groups is 1. The number of rotatable bonds is 6. The molecule has 1 heterocycles. The van der Waals surface area contributed by atoms with Crippen LogP contribution in [0.4, 0.5) is 0 Å². The van der Waals surface area contributed by atoms with Gasteiger partial charge in [0.25, 0.3) is 5.91 Å². The molecule has 1 amide bonds. The van der Waals surface area contributed by atoms with Crippen LogP contribution in [0.5, 0.6) is 0 Å². The zero-order valence-corrected chi connectivity index (χ0v) is 16.6. The predicted molar refractivity (Wildman–Crippen MR) is 111 cm³/mol. The SMILES string of the molecule is Cc1nc2ccccc2cc1C(=O)NC(CCN(C)C)c1ccc(Cl)cc1. The third-order valence-corrected chi connectivity index (χ3v) is 4.85. The van der Waals surface area contributed by atoms with E-state index in [2.05, 4.69) is 15.2 Å². The first kappa shape index (κ1) is 19.3. The van der Waals surface area contributed by atoms with Gasteiger partial charge in [-0.15, -0.1) is 0 Å². The average Bonchev–Trinajstić information content (AvgIpc) is 2.65. The van der Waals surface area contributed by atoms with Crippen molar-refractivity contribution < 1.29 is 4.79 Å². The van der Waals surface area contributed by atoms with Crippen molar-refractivity contribution in [3.05, 3.63) is 76.4 Å². The topological polar surface area (TPSA) is 45.2 Å². The number of amides is 1. The summed E-state index contributed by atoms with van der Waals surface area (Å²) >= 11 is 6.02. The van der Waals surface area contributed by atoms with Gasteiger partial charge in [0, 0.05) is 10.4 Å². The van der Waals surface area contributed by atoms with E-state index in [0.29, 0.717) is 10.6 Å². The second-order valence-corrected chi connectivity index (χ2v) is 7.42. The Morgan fingerprint density at radius 1 is 1.15 bits per heavy atom. The molecule has 1 unspecified atom stereocenters. The number of para-hydroxylation sites is 1. The van der Waals surface area contributed by atoms with E-state index in [1.807, 2.05) is 75.6 Å². The Morgan fingerprint density at radius 3 is 2.56 bits per heavy atom. The molecule has 3 aromatic rings. The molecule has 0 saturated carbocycles. The first-order chi connectivity index (χ1) is 12.9. The Morgan fingerprint density at radius 2 is 1.85 bits per heavy atom. The molecule has 1 atom stereocenters. The molecule has 0 fully saturated rings. The molecule has 27 heavy (non-hydrogen) atoms. The third kappa shape index (κ3) is 4.85. The maximum absolute atomic E-state index is 13.0. The molecular formula is C22H24ClN3O. The van der Waals surface area contributed by atoms with Gasteiger partial charge in [-0.25, -0.2) is 0 Å². The van der Waals surface area contributed by atoms with E-state index in [1.165, 1.54) is 0 Å². The van der Waals surface area contributed by atoms with Crippen LogP contribution in [-0.4, -0.2) is 36.4 Å². The maximum Gasteiger partial charge on any atom is 0.253 e. The molecule has 0 bridgehead atoms. The zero-order chi connectivity index (χ0) is 19.4. The van der Waals surface area contributed by atoms with Gasteiger partial charge in [-0.05, 0) is 63.8 Å². The lowest BCUT2D eigenvalue weighted by molar-refractivity contribution is 0.0932. The predicted octanol–water partition coefficient (Wildman–Crippen LogP) is 4.62. The van der Waals surface area contributed by atoms with Crippen LogP contribution >= 0.6 is 11.6 Å². The highest BCUT2D eigenvalue weighted by Gasteiger charge is 2.18. The van der Waals surface area contributed by atoms with E-state index in [9.17, 15) is 4.79 Å². The molecule has 0 radical (unpaired) electrons. The van der Waals surface area contributed by atoms with E-state index >= 15 is 0 Å². The molecule has 0 aliphatic rings. The Kier molecular flexibility index (Phi) is 6.09. The van der Waals surface area contributed by atoms with Gasteiger partial charge in [0.1, 0.15) is 0 Å². The lowest BCUT2D eigenvalue weighted by Crippen LogP contribution is -2.31. The Hall–Kier alpha value is -2.43. The van der Waals surface area contributed by atoms with Crippen LogP contribution in [0.25, 0.3) is 10.9 Å². The summed E-state index contributed by atoms with van der Waals surface area (Å²) in [4.78, 5) is 19.7. The van der Waals surface area contributed by atoms with E-state index in [0.717, 1.165) is 35.1 Å². The van der Waals surface area contributed by atoms with E-state index in [1.54, 1.807) is 0 Å². The first-order valence-electron chi connectivity index (χ1n) is 9.01. The molecule has 2 aromatic carbocycles. The molecule has 0 aliphatic heterocycles. The summed E-state index contributed by atoms with van der Waals surface area (Å²) in [5.41, 5.74) is 3.28. The summed E-state index contributed by atoms with van der Waals surface area (Å²) in [6.07, 6.45) is 0.806. The number of aryl methyl sites for hydroxylation is 1. The van der Waals surface area contributed by atoms with Gasteiger partial charge in [0.2, 0.25) is 0 Å². The summed E-state index contributed by atoms with van der Waals surface area (Å²) in [7, 11) is 4.05. The molecule has 5 heteroatoms. The van der Waals surface area contributed by atoms with Crippen molar-refractivity contribution >= 4 is 28.4 Å². The van der Waals surface area contributed by atoms with Gasteiger partial charge in [-0.1, -0.05) is 41.9 Å². The lowest BCUT2D eigenvalue weighted by atomic mass is 10.0. The molecule has 0 saturated heterocycles. The molecule has 1 aromatic heterocycles. The highest BCUT2D eigenvalue weighted by atomic mass is 35.5. The van der Waals surface area contributed by atoms with Gasteiger partial charge in [0.15, 0.2) is 0 Å². The number of hydrogen-bond donors (Lipinski definition) is 1. The summed E-state index contributed by atoms with van der Waals surface area (Å²) in [6, 6.07) is 17.3. The number of hydrogen-bond acceptors (Lipinski definition) is 3. The summed E-state index contributed by atoms with van der Waals surface area (Å²) in [5, 5.41) is 4.83. The summed E-state index contributed by atoms with van der Waals surface area (Å²) in [5.74, 6) is -0.107. The Bertz CT molecular complexity index is 938. The van der Waals surface area contributed by atoms with Crippen molar-refractivity contribution in [3.63, 3.8) is 0 Å². The molecule has 1 N–H and O–H groups in total. The normalized spacial score (nSPS) is 12.3. The molecule has 0 spiro atoms. The maximum atomic E-state index is 13.0. The minimum atomic E-state index is -0.107. The average molecular weight is 382 g/mol. The van der Waals surface area contributed by atoms with Crippen LogP contribution < -0.4 is 5.32 Å². The fourth-order valence-electron chi connectivity index (χ4n) is 3.08.